The lowest BCUT2D eigenvalue weighted by Crippen LogP contribution is -2.30. The Morgan fingerprint density at radius 3 is 2.77 bits per heavy atom. The molecule has 1 saturated heterocycles. The maximum atomic E-state index is 10.9. The van der Waals surface area contributed by atoms with Crippen LogP contribution in [0.15, 0.2) is 22.8 Å². The summed E-state index contributed by atoms with van der Waals surface area (Å²) in [6.45, 7) is 4.00. The smallest absolute Gasteiger partial charge is 0.234 e. The van der Waals surface area contributed by atoms with E-state index >= 15 is 0 Å². The number of hydrogen-bond acceptors (Lipinski definition) is 2. The highest BCUT2D eigenvalue weighted by Gasteiger charge is 2.18. The van der Waals surface area contributed by atoms with Crippen LogP contribution in [0, 0.1) is 0 Å². The van der Waals surface area contributed by atoms with E-state index in [2.05, 4.69) is 17.5 Å². The molecule has 0 aromatic rings. The zero-order valence-electron chi connectivity index (χ0n) is 8.09. The van der Waals surface area contributed by atoms with Crippen LogP contribution in [0.1, 0.15) is 26.7 Å². The van der Waals surface area contributed by atoms with Crippen molar-refractivity contribution < 1.29 is 4.79 Å². The number of nitrogens with one attached hydrogen (secondary N) is 1. The minimum absolute atomic E-state index is 0.125. The van der Waals surface area contributed by atoms with Gasteiger partial charge in [0.2, 0.25) is 5.91 Å². The van der Waals surface area contributed by atoms with E-state index in [1.165, 1.54) is 4.91 Å². The van der Waals surface area contributed by atoms with E-state index < -0.39 is 0 Å². The Bertz CT molecular complexity index is 256. The Hall–Kier alpha value is -0.700. The van der Waals surface area contributed by atoms with Gasteiger partial charge in [-0.05, 0) is 12.8 Å². The van der Waals surface area contributed by atoms with Crippen LogP contribution in [-0.4, -0.2) is 11.7 Å². The summed E-state index contributed by atoms with van der Waals surface area (Å²) < 4.78 is 0. The molecule has 2 rings (SSSR count). The van der Waals surface area contributed by atoms with Gasteiger partial charge >= 0.3 is 0 Å². The van der Waals surface area contributed by atoms with Crippen molar-refractivity contribution >= 4 is 17.7 Å². The van der Waals surface area contributed by atoms with Crippen molar-refractivity contribution in [2.45, 2.75) is 26.7 Å². The molecule has 1 N–H and O–H groups in total. The molecule has 3 heteroatoms. The Balaban J connectivity index is 0.000000396. The summed E-state index contributed by atoms with van der Waals surface area (Å²) in [5.74, 6) is 0.698. The molecule has 2 nitrogen and oxygen atoms in total. The fourth-order valence-corrected chi connectivity index (χ4v) is 2.12. The van der Waals surface area contributed by atoms with Crippen molar-refractivity contribution in [3.8, 4) is 0 Å². The predicted octanol–water partition coefficient (Wildman–Crippen LogP) is 2.44. The van der Waals surface area contributed by atoms with Gasteiger partial charge in [0, 0.05) is 4.91 Å². The molecule has 0 spiro atoms. The molecule has 0 bridgehead atoms. The highest BCUT2D eigenvalue weighted by atomic mass is 32.2. The van der Waals surface area contributed by atoms with Gasteiger partial charge in [-0.15, -0.1) is 11.8 Å². The lowest BCUT2D eigenvalue weighted by Gasteiger charge is -2.20. The topological polar surface area (TPSA) is 29.1 Å². The van der Waals surface area contributed by atoms with E-state index in [1.807, 2.05) is 13.8 Å². The molecule has 0 radical (unpaired) electrons. The SMILES string of the molecule is CC.O=C1CSC2=CCCC=C2N1. The molecule has 0 aromatic heterocycles. The van der Waals surface area contributed by atoms with E-state index in [-0.39, 0.29) is 5.91 Å². The number of allylic oxidation sites excluding steroid dienone is 2. The summed E-state index contributed by atoms with van der Waals surface area (Å²) >= 11 is 1.64. The first kappa shape index (κ1) is 10.4. The van der Waals surface area contributed by atoms with Crippen LogP contribution >= 0.6 is 11.8 Å². The van der Waals surface area contributed by atoms with Crippen LogP contribution < -0.4 is 5.32 Å². The zero-order chi connectivity index (χ0) is 9.68. The van der Waals surface area contributed by atoms with Crippen LogP contribution in [-0.2, 0) is 4.79 Å². The third kappa shape index (κ3) is 2.62. The van der Waals surface area contributed by atoms with Crippen molar-refractivity contribution in [3.05, 3.63) is 22.8 Å². The molecule has 13 heavy (non-hydrogen) atoms. The van der Waals surface area contributed by atoms with Gasteiger partial charge < -0.3 is 5.32 Å². The Kier molecular flexibility index (Phi) is 4.09. The first-order valence-corrected chi connectivity index (χ1v) is 5.68. The highest BCUT2D eigenvalue weighted by Crippen LogP contribution is 2.30. The molecule has 0 saturated carbocycles. The van der Waals surface area contributed by atoms with Crippen LogP contribution in [0.5, 0.6) is 0 Å². The van der Waals surface area contributed by atoms with E-state index in [0.717, 1.165) is 18.5 Å². The molecule has 0 atom stereocenters. The van der Waals surface area contributed by atoms with Gasteiger partial charge in [0.05, 0.1) is 11.4 Å². The largest absolute Gasteiger partial charge is 0.325 e. The molecule has 1 aliphatic carbocycles. The summed E-state index contributed by atoms with van der Waals surface area (Å²) in [5, 5.41) is 2.85. The second kappa shape index (κ2) is 5.12. The van der Waals surface area contributed by atoms with E-state index in [1.54, 1.807) is 11.8 Å². The van der Waals surface area contributed by atoms with Gasteiger partial charge in [-0.2, -0.15) is 0 Å². The number of amides is 1. The lowest BCUT2D eigenvalue weighted by atomic mass is 10.1. The number of fused-ring (bicyclic) bond motifs is 1. The third-order valence-electron chi connectivity index (χ3n) is 1.74. The molecular weight excluding hydrogens is 182 g/mol. The number of carbonyl (C=O) groups excluding carboxylic acids is 1. The molecule has 0 aromatic carbocycles. The molecule has 2 aliphatic rings. The molecular formula is C10H15NOS. The highest BCUT2D eigenvalue weighted by molar-refractivity contribution is 8.04. The first-order valence-electron chi connectivity index (χ1n) is 4.69. The van der Waals surface area contributed by atoms with Crippen molar-refractivity contribution in [1.29, 1.82) is 0 Å². The maximum absolute atomic E-state index is 10.9. The van der Waals surface area contributed by atoms with Gasteiger partial charge in [0.25, 0.3) is 0 Å². The fourth-order valence-electron chi connectivity index (χ4n) is 1.23. The quantitative estimate of drug-likeness (QED) is 0.646. The number of thioether (sulfide) groups is 1. The first-order chi connectivity index (χ1) is 6.36. The van der Waals surface area contributed by atoms with E-state index in [9.17, 15) is 4.79 Å². The fraction of sp³-hybridized carbons (Fsp3) is 0.500. The second-order valence-electron chi connectivity index (χ2n) is 2.60. The average molecular weight is 197 g/mol. The van der Waals surface area contributed by atoms with Crippen molar-refractivity contribution in [1.82, 2.24) is 5.32 Å². The number of carbonyl (C=O) groups is 1. The second-order valence-corrected chi connectivity index (χ2v) is 3.62. The molecule has 1 heterocycles. The van der Waals surface area contributed by atoms with Crippen molar-refractivity contribution in [3.63, 3.8) is 0 Å². The molecule has 1 amide bonds. The Morgan fingerprint density at radius 2 is 2.00 bits per heavy atom. The Morgan fingerprint density at radius 1 is 1.31 bits per heavy atom. The predicted molar refractivity (Wildman–Crippen MR) is 57.3 cm³/mol. The summed E-state index contributed by atoms with van der Waals surface area (Å²) in [6, 6.07) is 0. The minimum atomic E-state index is 0.125. The lowest BCUT2D eigenvalue weighted by molar-refractivity contribution is -0.117. The van der Waals surface area contributed by atoms with Crippen LogP contribution in [0.3, 0.4) is 0 Å². The standard InChI is InChI=1S/C8H9NOS.C2H6/c10-8-5-11-7-4-2-1-3-6(7)9-8;1-2/h3-4H,1-2,5H2,(H,9,10);1-2H3. The molecule has 1 aliphatic heterocycles. The minimum Gasteiger partial charge on any atom is -0.325 e. The van der Waals surface area contributed by atoms with Crippen molar-refractivity contribution in [2.75, 3.05) is 5.75 Å². The number of rotatable bonds is 0. The zero-order valence-corrected chi connectivity index (χ0v) is 8.91. The summed E-state index contributed by atoms with van der Waals surface area (Å²) in [7, 11) is 0. The third-order valence-corrected chi connectivity index (χ3v) is 2.85. The van der Waals surface area contributed by atoms with Crippen LogP contribution in [0.25, 0.3) is 0 Å². The summed E-state index contributed by atoms with van der Waals surface area (Å²) in [4.78, 5) is 12.2. The van der Waals surface area contributed by atoms with Gasteiger partial charge in [-0.3, -0.25) is 4.79 Å². The van der Waals surface area contributed by atoms with Gasteiger partial charge in [0.15, 0.2) is 0 Å². The maximum Gasteiger partial charge on any atom is 0.234 e. The Labute approximate surface area is 83.5 Å². The van der Waals surface area contributed by atoms with E-state index in [0.29, 0.717) is 5.75 Å². The van der Waals surface area contributed by atoms with Gasteiger partial charge in [-0.25, -0.2) is 0 Å². The summed E-state index contributed by atoms with van der Waals surface area (Å²) in [6.07, 6.45) is 6.46. The monoisotopic (exact) mass is 197 g/mol. The van der Waals surface area contributed by atoms with Gasteiger partial charge in [-0.1, -0.05) is 26.0 Å². The van der Waals surface area contributed by atoms with Crippen LogP contribution in [0.4, 0.5) is 0 Å². The van der Waals surface area contributed by atoms with E-state index in [4.69, 9.17) is 0 Å². The number of hydrogen-bond donors (Lipinski definition) is 1. The molecule has 72 valence electrons. The summed E-state index contributed by atoms with van der Waals surface area (Å²) in [5.41, 5.74) is 1.03. The van der Waals surface area contributed by atoms with Gasteiger partial charge in [0.1, 0.15) is 0 Å². The van der Waals surface area contributed by atoms with Crippen molar-refractivity contribution in [2.24, 2.45) is 0 Å². The molecule has 1 fully saturated rings. The normalized spacial score (nSPS) is 20.0. The molecule has 0 unspecified atom stereocenters. The average Bonchev–Trinajstić information content (AvgIpc) is 2.21. The van der Waals surface area contributed by atoms with Crippen LogP contribution in [0.2, 0.25) is 0 Å².